The molecule has 2 aromatic carbocycles. The summed E-state index contributed by atoms with van der Waals surface area (Å²) >= 11 is 6.17. The van der Waals surface area contributed by atoms with Gasteiger partial charge in [0.05, 0.1) is 16.1 Å². The molecule has 0 radical (unpaired) electrons. The van der Waals surface area contributed by atoms with Gasteiger partial charge in [-0.1, -0.05) is 51.4 Å². The Kier molecular flexibility index (Phi) is 7.26. The Morgan fingerprint density at radius 1 is 1.03 bits per heavy atom. The van der Waals surface area contributed by atoms with Crippen LogP contribution in [0.25, 0.3) is 0 Å². The second kappa shape index (κ2) is 9.62. The normalized spacial score (nSPS) is 14.7. The van der Waals surface area contributed by atoms with Crippen molar-refractivity contribution in [3.05, 3.63) is 58.6 Å². The molecule has 1 N–H and O–H groups in total. The van der Waals surface area contributed by atoms with Gasteiger partial charge in [0.1, 0.15) is 10.9 Å². The minimum atomic E-state index is -3.86. The Morgan fingerprint density at radius 2 is 1.58 bits per heavy atom. The van der Waals surface area contributed by atoms with E-state index in [-0.39, 0.29) is 39.8 Å². The monoisotopic (exact) mass is 491 g/mol. The van der Waals surface area contributed by atoms with Gasteiger partial charge in [0.15, 0.2) is 0 Å². The van der Waals surface area contributed by atoms with Crippen LogP contribution in [0, 0.1) is 5.92 Å². The van der Waals surface area contributed by atoms with Gasteiger partial charge >= 0.3 is 0 Å². The Morgan fingerprint density at radius 3 is 2.06 bits per heavy atom. The van der Waals surface area contributed by atoms with Gasteiger partial charge in [-0.2, -0.15) is 4.31 Å². The van der Waals surface area contributed by atoms with Crippen molar-refractivity contribution < 1.29 is 22.8 Å². The van der Waals surface area contributed by atoms with Gasteiger partial charge in [-0.3, -0.25) is 19.3 Å². The lowest BCUT2D eigenvalue weighted by Gasteiger charge is -2.28. The zero-order chi connectivity index (χ0) is 24.5. The van der Waals surface area contributed by atoms with E-state index in [9.17, 15) is 22.8 Å². The maximum atomic E-state index is 13.2. The number of benzene rings is 2. The van der Waals surface area contributed by atoms with Gasteiger partial charge in [-0.15, -0.1) is 0 Å². The molecule has 0 aromatic heterocycles. The zero-order valence-corrected chi connectivity index (χ0v) is 20.4. The van der Waals surface area contributed by atoms with Gasteiger partial charge in [-0.05, 0) is 36.2 Å². The molecule has 0 bridgehead atoms. The topological polar surface area (TPSA) is 104 Å². The summed E-state index contributed by atoms with van der Waals surface area (Å²) in [5.74, 6) is -2.07. The molecule has 0 fully saturated rings. The second-order valence-corrected chi connectivity index (χ2v) is 10.3. The maximum absolute atomic E-state index is 13.2. The van der Waals surface area contributed by atoms with Gasteiger partial charge in [-0.25, -0.2) is 8.42 Å². The first-order chi connectivity index (χ1) is 15.5. The van der Waals surface area contributed by atoms with Crippen molar-refractivity contribution in [3.8, 4) is 0 Å². The smallest absolute Gasteiger partial charge is 0.262 e. The van der Waals surface area contributed by atoms with Crippen molar-refractivity contribution >= 4 is 45.0 Å². The lowest BCUT2D eigenvalue weighted by Crippen LogP contribution is -2.50. The first-order valence-corrected chi connectivity index (χ1v) is 12.4. The molecule has 3 amide bonds. The molecule has 1 heterocycles. The minimum Gasteiger partial charge on any atom is -0.324 e. The predicted octanol–water partition coefficient (Wildman–Crippen LogP) is 3.63. The molecule has 2 aromatic rings. The predicted molar refractivity (Wildman–Crippen MR) is 126 cm³/mol. The van der Waals surface area contributed by atoms with Crippen molar-refractivity contribution in [1.29, 1.82) is 0 Å². The van der Waals surface area contributed by atoms with Crippen LogP contribution in [-0.4, -0.2) is 54.5 Å². The van der Waals surface area contributed by atoms with E-state index in [0.29, 0.717) is 0 Å². The lowest BCUT2D eigenvalue weighted by molar-refractivity contribution is -0.121. The van der Waals surface area contributed by atoms with E-state index in [4.69, 9.17) is 11.6 Å². The van der Waals surface area contributed by atoms with Crippen molar-refractivity contribution in [2.45, 2.75) is 38.6 Å². The molecule has 176 valence electrons. The molecule has 1 aliphatic rings. The van der Waals surface area contributed by atoms with E-state index in [0.717, 1.165) is 4.90 Å². The third kappa shape index (κ3) is 4.53. The van der Waals surface area contributed by atoms with E-state index in [1.54, 1.807) is 52.0 Å². The number of carbonyl (C=O) groups excluding carboxylic acids is 3. The molecule has 8 nitrogen and oxygen atoms in total. The SMILES string of the molecule is CCN(CC)S(=O)(=O)c1cc(NC(=O)C(C(C)C)N2C(=O)c3ccccc3C2=O)ccc1Cl. The number of nitrogens with zero attached hydrogens (tertiary/aromatic N) is 2. The summed E-state index contributed by atoms with van der Waals surface area (Å²) in [5, 5.41) is 2.68. The summed E-state index contributed by atoms with van der Waals surface area (Å²) in [6.07, 6.45) is 0. The second-order valence-electron chi connectivity index (χ2n) is 7.94. The zero-order valence-electron chi connectivity index (χ0n) is 18.8. The molecule has 33 heavy (non-hydrogen) atoms. The number of rotatable bonds is 8. The third-order valence-electron chi connectivity index (χ3n) is 5.53. The number of amides is 3. The van der Waals surface area contributed by atoms with Crippen LogP contribution in [0.4, 0.5) is 5.69 Å². The lowest BCUT2D eigenvalue weighted by atomic mass is 10.0. The average molecular weight is 492 g/mol. The van der Waals surface area contributed by atoms with Crippen molar-refractivity contribution in [1.82, 2.24) is 9.21 Å². The minimum absolute atomic E-state index is 0.0284. The van der Waals surface area contributed by atoms with Gasteiger partial charge in [0, 0.05) is 18.8 Å². The van der Waals surface area contributed by atoms with Crippen LogP contribution in [0.3, 0.4) is 0 Å². The van der Waals surface area contributed by atoms with Crippen LogP contribution >= 0.6 is 11.6 Å². The Bertz CT molecular complexity index is 1170. The summed E-state index contributed by atoms with van der Waals surface area (Å²) in [6, 6.07) is 9.47. The van der Waals surface area contributed by atoms with E-state index >= 15 is 0 Å². The van der Waals surface area contributed by atoms with Crippen molar-refractivity contribution in [3.63, 3.8) is 0 Å². The molecule has 0 saturated carbocycles. The van der Waals surface area contributed by atoms with E-state index in [1.807, 2.05) is 0 Å². The largest absolute Gasteiger partial charge is 0.324 e. The van der Waals surface area contributed by atoms with Crippen LogP contribution in [0.15, 0.2) is 47.4 Å². The first kappa shape index (κ1) is 24.9. The van der Waals surface area contributed by atoms with Crippen molar-refractivity contribution in [2.24, 2.45) is 5.92 Å². The Balaban J connectivity index is 1.93. The number of fused-ring (bicyclic) bond motifs is 1. The standard InChI is InChI=1S/C23H26ClN3O5S/c1-5-26(6-2)33(31,32)19-13-15(11-12-18(19)24)25-21(28)20(14(3)4)27-22(29)16-9-7-8-10-17(16)23(27)30/h7-14,20H,5-6H2,1-4H3,(H,25,28). The molecule has 1 aliphatic heterocycles. The summed E-state index contributed by atoms with van der Waals surface area (Å²) < 4.78 is 27.2. The highest BCUT2D eigenvalue weighted by atomic mass is 35.5. The highest BCUT2D eigenvalue weighted by Crippen LogP contribution is 2.30. The molecular formula is C23H26ClN3O5S. The van der Waals surface area contributed by atoms with E-state index in [1.165, 1.54) is 22.5 Å². The maximum Gasteiger partial charge on any atom is 0.262 e. The van der Waals surface area contributed by atoms with Crippen molar-refractivity contribution in [2.75, 3.05) is 18.4 Å². The fourth-order valence-electron chi connectivity index (χ4n) is 3.88. The van der Waals surface area contributed by atoms with Crippen LogP contribution in [-0.2, 0) is 14.8 Å². The Hall–Kier alpha value is -2.75. The van der Waals surface area contributed by atoms with Gasteiger partial charge in [0.25, 0.3) is 11.8 Å². The number of imide groups is 1. The number of hydrogen-bond donors (Lipinski definition) is 1. The molecule has 0 spiro atoms. The third-order valence-corrected chi connectivity index (χ3v) is 8.06. The molecule has 1 atom stereocenters. The molecule has 0 saturated heterocycles. The number of anilines is 1. The van der Waals surface area contributed by atoms with Crippen LogP contribution < -0.4 is 5.32 Å². The number of carbonyl (C=O) groups is 3. The summed E-state index contributed by atoms with van der Waals surface area (Å²) in [4.78, 5) is 39.9. The highest BCUT2D eigenvalue weighted by Gasteiger charge is 2.44. The molecule has 3 rings (SSSR count). The van der Waals surface area contributed by atoms with Crippen LogP contribution in [0.1, 0.15) is 48.4 Å². The first-order valence-electron chi connectivity index (χ1n) is 10.6. The number of hydrogen-bond acceptors (Lipinski definition) is 5. The number of sulfonamides is 1. The summed E-state index contributed by atoms with van der Waals surface area (Å²) in [7, 11) is -3.86. The Labute approximate surface area is 198 Å². The average Bonchev–Trinajstić information content (AvgIpc) is 3.01. The van der Waals surface area contributed by atoms with E-state index in [2.05, 4.69) is 5.32 Å². The van der Waals surface area contributed by atoms with Crippen LogP contribution in [0.5, 0.6) is 0 Å². The molecule has 1 unspecified atom stereocenters. The fraction of sp³-hybridized carbons (Fsp3) is 0.348. The van der Waals surface area contributed by atoms with E-state index < -0.39 is 39.7 Å². The van der Waals surface area contributed by atoms with Gasteiger partial charge in [0.2, 0.25) is 15.9 Å². The van der Waals surface area contributed by atoms with Crippen LogP contribution in [0.2, 0.25) is 5.02 Å². The quantitative estimate of drug-likeness (QED) is 0.568. The summed E-state index contributed by atoms with van der Waals surface area (Å²) in [6.45, 7) is 7.42. The number of nitrogens with one attached hydrogen (secondary N) is 1. The van der Waals surface area contributed by atoms with Gasteiger partial charge < -0.3 is 5.32 Å². The fourth-order valence-corrected chi connectivity index (χ4v) is 5.83. The molecule has 10 heteroatoms. The molecular weight excluding hydrogens is 466 g/mol. The summed E-state index contributed by atoms with van der Waals surface area (Å²) in [5.41, 5.74) is 0.692. The molecule has 0 aliphatic carbocycles. The number of halogens is 1. The highest BCUT2D eigenvalue weighted by molar-refractivity contribution is 7.89.